The van der Waals surface area contributed by atoms with Crippen LogP contribution < -0.4 is 25.8 Å². The second-order valence-corrected chi connectivity index (χ2v) is 6.15. The molecule has 4 rings (SSSR count). The Hall–Kier alpha value is -4.34. The van der Waals surface area contributed by atoms with Crippen LogP contribution in [0, 0.1) is 0 Å². The first-order valence-electron chi connectivity index (χ1n) is 9.02. The Kier molecular flexibility index (Phi) is 5.29. The monoisotopic (exact) mass is 404 g/mol. The van der Waals surface area contributed by atoms with E-state index < -0.39 is 0 Å². The van der Waals surface area contributed by atoms with Gasteiger partial charge in [-0.25, -0.2) is 9.97 Å². The zero-order chi connectivity index (χ0) is 20.9. The Labute approximate surface area is 172 Å². The third-order valence-corrected chi connectivity index (χ3v) is 4.20. The van der Waals surface area contributed by atoms with Crippen molar-refractivity contribution in [2.45, 2.75) is 0 Å². The Balaban J connectivity index is 1.58. The predicted octanol–water partition coefficient (Wildman–Crippen LogP) is 3.14. The van der Waals surface area contributed by atoms with Crippen LogP contribution in [0.3, 0.4) is 0 Å². The first-order chi connectivity index (χ1) is 14.7. The van der Waals surface area contributed by atoms with Gasteiger partial charge in [0.1, 0.15) is 23.6 Å². The van der Waals surface area contributed by atoms with Gasteiger partial charge in [-0.15, -0.1) is 5.10 Å². The lowest BCUT2D eigenvalue weighted by Gasteiger charge is -2.10. The number of nitrogens with one attached hydrogen (secondary N) is 2. The standard InChI is InChI=1S/C20H20N8O2/c1-29-14-8-9-15(16(10-14)30-2)25-20-26-19(21)28(27-20)18-11-17(22-12-23-18)24-13-6-4-3-5-7-13/h3-12H,1-2H3,(H,22,23,24)(H3,21,25,26,27). The molecular weight excluding hydrogens is 384 g/mol. The number of rotatable bonds is 7. The number of hydrogen-bond donors (Lipinski definition) is 3. The summed E-state index contributed by atoms with van der Waals surface area (Å²) in [5.74, 6) is 2.81. The number of anilines is 5. The van der Waals surface area contributed by atoms with E-state index in [1.807, 2.05) is 30.3 Å². The van der Waals surface area contributed by atoms with Gasteiger partial charge in [0, 0.05) is 17.8 Å². The maximum atomic E-state index is 6.06. The number of methoxy groups -OCH3 is 2. The minimum absolute atomic E-state index is 0.175. The van der Waals surface area contributed by atoms with Gasteiger partial charge in [-0.2, -0.15) is 9.67 Å². The van der Waals surface area contributed by atoms with Crippen molar-refractivity contribution in [3.63, 3.8) is 0 Å². The molecule has 0 radical (unpaired) electrons. The zero-order valence-corrected chi connectivity index (χ0v) is 16.4. The first kappa shape index (κ1) is 19.0. The van der Waals surface area contributed by atoms with E-state index in [2.05, 4.69) is 30.7 Å². The van der Waals surface area contributed by atoms with Gasteiger partial charge in [-0.05, 0) is 24.3 Å². The molecule has 0 unspecified atom stereocenters. The fourth-order valence-electron chi connectivity index (χ4n) is 2.77. The highest BCUT2D eigenvalue weighted by Gasteiger charge is 2.13. The molecule has 0 fully saturated rings. The van der Waals surface area contributed by atoms with E-state index in [0.29, 0.717) is 34.8 Å². The zero-order valence-electron chi connectivity index (χ0n) is 16.4. The first-order valence-corrected chi connectivity index (χ1v) is 9.02. The van der Waals surface area contributed by atoms with Crippen LogP contribution >= 0.6 is 0 Å². The fourth-order valence-corrected chi connectivity index (χ4v) is 2.77. The van der Waals surface area contributed by atoms with Crippen LogP contribution in [0.25, 0.3) is 5.82 Å². The van der Waals surface area contributed by atoms with Crippen LogP contribution in [0.15, 0.2) is 60.9 Å². The predicted molar refractivity (Wildman–Crippen MR) is 114 cm³/mol. The highest BCUT2D eigenvalue weighted by molar-refractivity contribution is 5.65. The molecule has 0 saturated carbocycles. The van der Waals surface area contributed by atoms with Crippen molar-refractivity contribution in [3.8, 4) is 17.3 Å². The Bertz CT molecular complexity index is 1150. The molecule has 2 heterocycles. The molecular formula is C20H20N8O2. The van der Waals surface area contributed by atoms with Crippen LogP contribution in [-0.2, 0) is 0 Å². The van der Waals surface area contributed by atoms with Gasteiger partial charge >= 0.3 is 0 Å². The minimum atomic E-state index is 0.175. The third kappa shape index (κ3) is 4.07. The van der Waals surface area contributed by atoms with Gasteiger partial charge in [-0.3, -0.25) is 0 Å². The van der Waals surface area contributed by atoms with Crippen LogP contribution in [0.2, 0.25) is 0 Å². The van der Waals surface area contributed by atoms with Crippen molar-refractivity contribution in [3.05, 3.63) is 60.9 Å². The Morgan fingerprint density at radius 2 is 1.77 bits per heavy atom. The van der Waals surface area contributed by atoms with Crippen LogP contribution in [-0.4, -0.2) is 39.0 Å². The van der Waals surface area contributed by atoms with Gasteiger partial charge in [-0.1, -0.05) is 18.2 Å². The summed E-state index contributed by atoms with van der Waals surface area (Å²) in [7, 11) is 3.16. The highest BCUT2D eigenvalue weighted by Crippen LogP contribution is 2.31. The number of aromatic nitrogens is 5. The fraction of sp³-hybridized carbons (Fsp3) is 0.100. The lowest BCUT2D eigenvalue weighted by atomic mass is 10.2. The molecule has 4 aromatic rings. The number of nitrogens with two attached hydrogens (primary N) is 1. The molecule has 0 aliphatic carbocycles. The van der Waals surface area contributed by atoms with Crippen molar-refractivity contribution < 1.29 is 9.47 Å². The minimum Gasteiger partial charge on any atom is -0.497 e. The van der Waals surface area contributed by atoms with Crippen LogP contribution in [0.5, 0.6) is 11.5 Å². The lowest BCUT2D eigenvalue weighted by molar-refractivity contribution is 0.395. The topological polar surface area (TPSA) is 125 Å². The molecule has 10 heteroatoms. The number of nitrogen functional groups attached to an aromatic ring is 1. The highest BCUT2D eigenvalue weighted by atomic mass is 16.5. The lowest BCUT2D eigenvalue weighted by Crippen LogP contribution is -2.06. The molecule has 152 valence electrons. The molecule has 2 aromatic carbocycles. The van der Waals surface area contributed by atoms with E-state index in [9.17, 15) is 0 Å². The summed E-state index contributed by atoms with van der Waals surface area (Å²) >= 11 is 0. The number of hydrogen-bond acceptors (Lipinski definition) is 9. The summed E-state index contributed by atoms with van der Waals surface area (Å²) in [6.45, 7) is 0. The van der Waals surface area contributed by atoms with E-state index in [-0.39, 0.29) is 5.95 Å². The van der Waals surface area contributed by atoms with Gasteiger partial charge in [0.15, 0.2) is 5.82 Å². The summed E-state index contributed by atoms with van der Waals surface area (Å²) in [5.41, 5.74) is 7.64. The quantitative estimate of drug-likeness (QED) is 0.426. The van der Waals surface area contributed by atoms with E-state index in [0.717, 1.165) is 5.69 Å². The molecule has 0 bridgehead atoms. The molecule has 0 aliphatic rings. The summed E-state index contributed by atoms with van der Waals surface area (Å²) in [6, 6.07) is 16.8. The Morgan fingerprint density at radius 3 is 2.53 bits per heavy atom. The van der Waals surface area contributed by atoms with E-state index in [4.69, 9.17) is 15.2 Å². The molecule has 0 amide bonds. The number of para-hydroxylation sites is 1. The second-order valence-electron chi connectivity index (χ2n) is 6.15. The molecule has 2 aromatic heterocycles. The molecule has 30 heavy (non-hydrogen) atoms. The van der Waals surface area contributed by atoms with Gasteiger partial charge < -0.3 is 25.8 Å². The van der Waals surface area contributed by atoms with Crippen LogP contribution in [0.4, 0.5) is 29.1 Å². The largest absolute Gasteiger partial charge is 0.497 e. The molecule has 0 spiro atoms. The van der Waals surface area contributed by atoms with Crippen molar-refractivity contribution in [1.29, 1.82) is 0 Å². The normalized spacial score (nSPS) is 10.5. The molecule has 0 atom stereocenters. The molecule has 0 saturated heterocycles. The average Bonchev–Trinajstić information content (AvgIpc) is 3.15. The smallest absolute Gasteiger partial charge is 0.249 e. The second kappa shape index (κ2) is 8.35. The van der Waals surface area contributed by atoms with Crippen LogP contribution in [0.1, 0.15) is 0 Å². The maximum absolute atomic E-state index is 6.06. The summed E-state index contributed by atoms with van der Waals surface area (Å²) in [6.07, 6.45) is 1.43. The average molecular weight is 404 g/mol. The number of nitrogens with zero attached hydrogens (tertiary/aromatic N) is 5. The van der Waals surface area contributed by atoms with Gasteiger partial charge in [0.2, 0.25) is 11.9 Å². The van der Waals surface area contributed by atoms with Crippen molar-refractivity contribution >= 4 is 29.1 Å². The van der Waals surface area contributed by atoms with Gasteiger partial charge in [0.25, 0.3) is 0 Å². The molecule has 0 aliphatic heterocycles. The van der Waals surface area contributed by atoms with E-state index in [1.165, 1.54) is 11.0 Å². The van der Waals surface area contributed by atoms with Crippen molar-refractivity contribution in [2.24, 2.45) is 0 Å². The molecule has 4 N–H and O–H groups in total. The summed E-state index contributed by atoms with van der Waals surface area (Å²) < 4.78 is 12.0. The Morgan fingerprint density at radius 1 is 0.933 bits per heavy atom. The third-order valence-electron chi connectivity index (χ3n) is 4.20. The van der Waals surface area contributed by atoms with Crippen molar-refractivity contribution in [1.82, 2.24) is 24.7 Å². The SMILES string of the molecule is COc1ccc(Nc2nc(N)n(-c3cc(Nc4ccccc4)ncn3)n2)c(OC)c1. The van der Waals surface area contributed by atoms with E-state index >= 15 is 0 Å². The number of ether oxygens (including phenoxy) is 2. The number of benzene rings is 2. The summed E-state index contributed by atoms with van der Waals surface area (Å²) in [5, 5.41) is 10.7. The summed E-state index contributed by atoms with van der Waals surface area (Å²) in [4.78, 5) is 12.7. The molecule has 10 nitrogen and oxygen atoms in total. The van der Waals surface area contributed by atoms with Crippen molar-refractivity contribution in [2.75, 3.05) is 30.6 Å². The van der Waals surface area contributed by atoms with Gasteiger partial charge in [0.05, 0.1) is 19.9 Å². The van der Waals surface area contributed by atoms with E-state index in [1.54, 1.807) is 38.5 Å². The maximum Gasteiger partial charge on any atom is 0.249 e.